The maximum absolute atomic E-state index is 12.6. The fourth-order valence-corrected chi connectivity index (χ4v) is 3.74. The van der Waals surface area contributed by atoms with Crippen LogP contribution < -0.4 is 5.32 Å². The molecular formula is C20H23N3OS. The Morgan fingerprint density at radius 3 is 2.96 bits per heavy atom. The molecule has 25 heavy (non-hydrogen) atoms. The van der Waals surface area contributed by atoms with Crippen molar-refractivity contribution in [3.8, 4) is 0 Å². The molecule has 0 bridgehead atoms. The van der Waals surface area contributed by atoms with Crippen LogP contribution in [0.4, 0.5) is 0 Å². The summed E-state index contributed by atoms with van der Waals surface area (Å²) >= 11 is 1.54. The summed E-state index contributed by atoms with van der Waals surface area (Å²) in [6, 6.07) is 14.3. The Morgan fingerprint density at radius 2 is 2.16 bits per heavy atom. The van der Waals surface area contributed by atoms with E-state index in [1.807, 2.05) is 24.3 Å². The quantitative estimate of drug-likeness (QED) is 0.612. The molecule has 0 radical (unpaired) electrons. The van der Waals surface area contributed by atoms with Crippen molar-refractivity contribution < 1.29 is 4.79 Å². The molecule has 2 aromatic rings. The fourth-order valence-electron chi connectivity index (χ4n) is 3.02. The minimum absolute atomic E-state index is 0.0359. The molecule has 1 saturated heterocycles. The molecule has 1 aliphatic heterocycles. The molecule has 1 N–H and O–H groups in total. The van der Waals surface area contributed by atoms with E-state index in [1.54, 1.807) is 6.20 Å². The van der Waals surface area contributed by atoms with Crippen molar-refractivity contribution in [2.24, 2.45) is 0 Å². The number of carbonyl (C=O) groups is 1. The van der Waals surface area contributed by atoms with Crippen LogP contribution in [0.2, 0.25) is 0 Å². The highest BCUT2D eigenvalue weighted by Gasteiger charge is 2.25. The lowest BCUT2D eigenvalue weighted by molar-refractivity contribution is 0.0934. The van der Waals surface area contributed by atoms with Gasteiger partial charge < -0.3 is 5.32 Å². The van der Waals surface area contributed by atoms with E-state index in [-0.39, 0.29) is 11.9 Å². The molecule has 3 rings (SSSR count). The molecule has 1 unspecified atom stereocenters. The molecule has 1 aromatic carbocycles. The number of rotatable bonds is 7. The first kappa shape index (κ1) is 17.7. The van der Waals surface area contributed by atoms with Crippen molar-refractivity contribution in [1.29, 1.82) is 0 Å². The van der Waals surface area contributed by atoms with Crippen LogP contribution in [-0.2, 0) is 6.54 Å². The molecule has 0 spiro atoms. The van der Waals surface area contributed by atoms with Crippen molar-refractivity contribution in [2.75, 3.05) is 18.8 Å². The highest BCUT2D eigenvalue weighted by molar-refractivity contribution is 7.99. The largest absolute Gasteiger partial charge is 0.348 e. The topological polar surface area (TPSA) is 45.2 Å². The van der Waals surface area contributed by atoms with Gasteiger partial charge in [0.25, 0.3) is 5.91 Å². The highest BCUT2D eigenvalue weighted by atomic mass is 32.2. The van der Waals surface area contributed by atoms with Gasteiger partial charge in [-0.25, -0.2) is 4.98 Å². The first-order valence-electron chi connectivity index (χ1n) is 8.52. The summed E-state index contributed by atoms with van der Waals surface area (Å²) in [5, 5.41) is 3.93. The third-order valence-corrected chi connectivity index (χ3v) is 5.21. The summed E-state index contributed by atoms with van der Waals surface area (Å²) in [5.41, 5.74) is 1.96. The molecule has 2 heterocycles. The number of carbonyl (C=O) groups excluding carboxylic acids is 1. The van der Waals surface area contributed by atoms with Crippen LogP contribution in [0.15, 0.2) is 66.3 Å². The van der Waals surface area contributed by atoms with Crippen molar-refractivity contribution in [3.63, 3.8) is 0 Å². The summed E-state index contributed by atoms with van der Waals surface area (Å²) in [6.45, 7) is 6.54. The van der Waals surface area contributed by atoms with Crippen LogP contribution >= 0.6 is 11.8 Å². The molecule has 1 fully saturated rings. The summed E-state index contributed by atoms with van der Waals surface area (Å²) in [5.74, 6) is 0.706. The maximum Gasteiger partial charge on any atom is 0.254 e. The zero-order valence-electron chi connectivity index (χ0n) is 14.2. The molecule has 4 nitrogen and oxygen atoms in total. The molecule has 130 valence electrons. The highest BCUT2D eigenvalue weighted by Crippen LogP contribution is 2.21. The molecule has 1 amide bonds. The van der Waals surface area contributed by atoms with Gasteiger partial charge in [0.2, 0.25) is 0 Å². The fraction of sp³-hybridized carbons (Fsp3) is 0.300. The van der Waals surface area contributed by atoms with E-state index in [1.165, 1.54) is 17.3 Å². The number of benzene rings is 1. The Morgan fingerprint density at radius 1 is 1.32 bits per heavy atom. The second kappa shape index (κ2) is 8.83. The van der Waals surface area contributed by atoms with Gasteiger partial charge in [0, 0.05) is 37.6 Å². The van der Waals surface area contributed by atoms with Crippen molar-refractivity contribution in [2.45, 2.75) is 24.0 Å². The van der Waals surface area contributed by atoms with Crippen LogP contribution in [0.5, 0.6) is 0 Å². The number of thioether (sulfide) groups is 1. The first-order valence-corrected chi connectivity index (χ1v) is 9.50. The van der Waals surface area contributed by atoms with E-state index < -0.39 is 0 Å². The summed E-state index contributed by atoms with van der Waals surface area (Å²) in [6.07, 6.45) is 4.52. The lowest BCUT2D eigenvalue weighted by atomic mass is 10.2. The van der Waals surface area contributed by atoms with Gasteiger partial charge >= 0.3 is 0 Å². The predicted molar refractivity (Wildman–Crippen MR) is 103 cm³/mol. The SMILES string of the molecule is C=CCSc1ncccc1C(=O)NC1CCN(Cc2ccccc2)C1. The molecule has 1 aliphatic rings. The Kier molecular flexibility index (Phi) is 6.25. The number of aromatic nitrogens is 1. The Hall–Kier alpha value is -2.11. The van der Waals surface area contributed by atoms with Gasteiger partial charge in [-0.05, 0) is 24.1 Å². The number of nitrogens with zero attached hydrogens (tertiary/aromatic N) is 2. The molecular weight excluding hydrogens is 330 g/mol. The smallest absolute Gasteiger partial charge is 0.254 e. The molecule has 5 heteroatoms. The van der Waals surface area contributed by atoms with Crippen LogP contribution in [-0.4, -0.2) is 40.7 Å². The summed E-state index contributed by atoms with van der Waals surface area (Å²) < 4.78 is 0. The average molecular weight is 353 g/mol. The van der Waals surface area contributed by atoms with Crippen molar-refractivity contribution >= 4 is 17.7 Å². The Balaban J connectivity index is 1.56. The first-order chi connectivity index (χ1) is 12.3. The van der Waals surface area contributed by atoms with Gasteiger partial charge in [-0.3, -0.25) is 9.69 Å². The van der Waals surface area contributed by atoms with E-state index in [0.717, 1.165) is 36.8 Å². The number of hydrogen-bond donors (Lipinski definition) is 1. The van der Waals surface area contributed by atoms with E-state index >= 15 is 0 Å². The number of amides is 1. The predicted octanol–water partition coefficient (Wildman–Crippen LogP) is 3.36. The maximum atomic E-state index is 12.6. The zero-order valence-corrected chi connectivity index (χ0v) is 15.0. The second-order valence-corrected chi connectivity index (χ2v) is 7.14. The van der Waals surface area contributed by atoms with E-state index in [4.69, 9.17) is 0 Å². The molecule has 0 aliphatic carbocycles. The van der Waals surface area contributed by atoms with Crippen LogP contribution in [0, 0.1) is 0 Å². The number of pyridine rings is 1. The Labute approximate surface area is 153 Å². The molecule has 1 aromatic heterocycles. The van der Waals surface area contributed by atoms with Gasteiger partial charge in [0.15, 0.2) is 0 Å². The summed E-state index contributed by atoms with van der Waals surface area (Å²) in [7, 11) is 0. The van der Waals surface area contributed by atoms with Gasteiger partial charge in [-0.1, -0.05) is 36.4 Å². The minimum atomic E-state index is -0.0359. The minimum Gasteiger partial charge on any atom is -0.348 e. The lowest BCUT2D eigenvalue weighted by Crippen LogP contribution is -2.37. The number of likely N-dealkylation sites (tertiary alicyclic amines) is 1. The molecule has 0 saturated carbocycles. The number of nitrogens with one attached hydrogen (secondary N) is 1. The van der Waals surface area contributed by atoms with Crippen molar-refractivity contribution in [3.05, 3.63) is 72.4 Å². The third kappa shape index (κ3) is 4.94. The normalized spacial score (nSPS) is 17.4. The molecule has 1 atom stereocenters. The van der Waals surface area contributed by atoms with E-state index in [2.05, 4.69) is 46.0 Å². The van der Waals surface area contributed by atoms with Crippen LogP contribution in [0.3, 0.4) is 0 Å². The van der Waals surface area contributed by atoms with Gasteiger partial charge in [-0.15, -0.1) is 18.3 Å². The van der Waals surface area contributed by atoms with Gasteiger partial charge in [0.05, 0.1) is 5.56 Å². The lowest BCUT2D eigenvalue weighted by Gasteiger charge is -2.17. The third-order valence-electron chi connectivity index (χ3n) is 4.21. The van der Waals surface area contributed by atoms with Gasteiger partial charge in [-0.2, -0.15) is 0 Å². The summed E-state index contributed by atoms with van der Waals surface area (Å²) in [4.78, 5) is 19.4. The van der Waals surface area contributed by atoms with E-state index in [0.29, 0.717) is 5.56 Å². The zero-order chi connectivity index (χ0) is 17.5. The monoisotopic (exact) mass is 353 g/mol. The van der Waals surface area contributed by atoms with Crippen molar-refractivity contribution in [1.82, 2.24) is 15.2 Å². The average Bonchev–Trinajstić information content (AvgIpc) is 3.07. The standard InChI is InChI=1S/C20H23N3OS/c1-2-13-25-20-18(9-6-11-21-20)19(24)22-17-10-12-23(15-17)14-16-7-4-3-5-8-16/h2-9,11,17H,1,10,12-15H2,(H,22,24). The second-order valence-electron chi connectivity index (χ2n) is 6.14. The number of hydrogen-bond acceptors (Lipinski definition) is 4. The van der Waals surface area contributed by atoms with Crippen LogP contribution in [0.25, 0.3) is 0 Å². The van der Waals surface area contributed by atoms with E-state index in [9.17, 15) is 4.79 Å². The van der Waals surface area contributed by atoms with Crippen LogP contribution in [0.1, 0.15) is 22.3 Å². The Bertz CT molecular complexity index is 720. The van der Waals surface area contributed by atoms with Gasteiger partial charge in [0.1, 0.15) is 5.03 Å².